The maximum atomic E-state index is 6.13. The molecule has 0 fully saturated rings. The lowest BCUT2D eigenvalue weighted by Gasteiger charge is -2.06. The van der Waals surface area contributed by atoms with E-state index in [1.54, 1.807) is 6.07 Å². The van der Waals surface area contributed by atoms with Crippen LogP contribution in [0.1, 0.15) is 16.8 Å². The molecular weight excluding hydrogens is 281 g/mol. The van der Waals surface area contributed by atoms with Crippen molar-refractivity contribution in [3.05, 3.63) is 51.3 Å². The molecule has 0 atom stereocenters. The number of rotatable bonds is 5. The second kappa shape index (κ2) is 6.42. The summed E-state index contributed by atoms with van der Waals surface area (Å²) in [5, 5.41) is 9.12. The minimum Gasteiger partial charge on any atom is -0.312 e. The molecule has 0 unspecified atom stereocenters. The molecular formula is C14H17Cl2N3. The molecule has 19 heavy (non-hydrogen) atoms. The maximum absolute atomic E-state index is 6.13. The fourth-order valence-electron chi connectivity index (χ4n) is 1.99. The van der Waals surface area contributed by atoms with Crippen LogP contribution in [0.15, 0.2) is 24.4 Å². The molecule has 1 heterocycles. The first kappa shape index (κ1) is 14.4. The summed E-state index contributed by atoms with van der Waals surface area (Å²) in [5.74, 6) is 0. The zero-order valence-corrected chi connectivity index (χ0v) is 12.6. The molecule has 2 rings (SSSR count). The van der Waals surface area contributed by atoms with Gasteiger partial charge in [-0.25, -0.2) is 0 Å². The van der Waals surface area contributed by atoms with Crippen molar-refractivity contribution in [1.82, 2.24) is 15.1 Å². The topological polar surface area (TPSA) is 29.9 Å². The summed E-state index contributed by atoms with van der Waals surface area (Å²) in [6.07, 6.45) is 2.92. The summed E-state index contributed by atoms with van der Waals surface area (Å²) in [5.41, 5.74) is 3.41. The molecule has 3 nitrogen and oxygen atoms in total. The SMILES string of the molecule is Cc1nn(C)cc1CNCCc1ccc(Cl)cc1Cl. The summed E-state index contributed by atoms with van der Waals surface area (Å²) in [6, 6.07) is 5.62. The first-order valence-corrected chi connectivity index (χ1v) is 6.95. The third-order valence-corrected chi connectivity index (χ3v) is 3.60. The monoisotopic (exact) mass is 297 g/mol. The molecule has 0 aliphatic carbocycles. The minimum absolute atomic E-state index is 0.674. The lowest BCUT2D eigenvalue weighted by atomic mass is 10.1. The minimum atomic E-state index is 0.674. The molecule has 5 heteroatoms. The molecule has 0 aliphatic heterocycles. The molecule has 1 aromatic carbocycles. The smallest absolute Gasteiger partial charge is 0.0638 e. The van der Waals surface area contributed by atoms with Crippen LogP contribution in [0.4, 0.5) is 0 Å². The van der Waals surface area contributed by atoms with Crippen molar-refractivity contribution in [3.8, 4) is 0 Å². The number of hydrogen-bond donors (Lipinski definition) is 1. The van der Waals surface area contributed by atoms with Gasteiger partial charge in [0.25, 0.3) is 0 Å². The molecule has 0 saturated heterocycles. The summed E-state index contributed by atoms with van der Waals surface area (Å²) in [7, 11) is 1.93. The van der Waals surface area contributed by atoms with Gasteiger partial charge in [-0.15, -0.1) is 0 Å². The van der Waals surface area contributed by atoms with E-state index in [-0.39, 0.29) is 0 Å². The summed E-state index contributed by atoms with van der Waals surface area (Å²) < 4.78 is 1.84. The summed E-state index contributed by atoms with van der Waals surface area (Å²) in [4.78, 5) is 0. The Labute approximate surface area is 123 Å². The molecule has 2 aromatic rings. The Balaban J connectivity index is 1.82. The first-order valence-electron chi connectivity index (χ1n) is 6.20. The van der Waals surface area contributed by atoms with Gasteiger partial charge in [-0.1, -0.05) is 29.3 Å². The molecule has 102 valence electrons. The van der Waals surface area contributed by atoms with E-state index in [9.17, 15) is 0 Å². The van der Waals surface area contributed by atoms with Crippen LogP contribution in [0.3, 0.4) is 0 Å². The Kier molecular flexibility index (Phi) is 4.86. The van der Waals surface area contributed by atoms with Gasteiger partial charge in [-0.3, -0.25) is 4.68 Å². The van der Waals surface area contributed by atoms with Crippen LogP contribution >= 0.6 is 23.2 Å². The van der Waals surface area contributed by atoms with Crippen LogP contribution in [0.25, 0.3) is 0 Å². The molecule has 1 N–H and O–H groups in total. The van der Waals surface area contributed by atoms with Gasteiger partial charge in [0, 0.05) is 35.4 Å². The Bertz CT molecular complexity index is 564. The predicted molar refractivity (Wildman–Crippen MR) is 79.8 cm³/mol. The highest BCUT2D eigenvalue weighted by molar-refractivity contribution is 6.35. The van der Waals surface area contributed by atoms with Crippen LogP contribution in [-0.2, 0) is 20.0 Å². The highest BCUT2D eigenvalue weighted by atomic mass is 35.5. The van der Waals surface area contributed by atoms with Gasteiger partial charge in [0.05, 0.1) is 5.69 Å². The molecule has 0 saturated carbocycles. The largest absolute Gasteiger partial charge is 0.312 e. The van der Waals surface area contributed by atoms with Crippen LogP contribution in [0.5, 0.6) is 0 Å². The number of hydrogen-bond acceptors (Lipinski definition) is 2. The highest BCUT2D eigenvalue weighted by Crippen LogP contribution is 2.21. The van der Waals surface area contributed by atoms with Crippen molar-refractivity contribution >= 4 is 23.2 Å². The number of benzene rings is 1. The Morgan fingerprint density at radius 3 is 2.68 bits per heavy atom. The number of halogens is 2. The fourth-order valence-corrected chi connectivity index (χ4v) is 2.50. The predicted octanol–water partition coefficient (Wildman–Crippen LogP) is 3.37. The zero-order valence-electron chi connectivity index (χ0n) is 11.1. The van der Waals surface area contributed by atoms with Crippen molar-refractivity contribution in [2.45, 2.75) is 19.9 Å². The van der Waals surface area contributed by atoms with Crippen molar-refractivity contribution < 1.29 is 0 Å². The number of nitrogens with zero attached hydrogens (tertiary/aromatic N) is 2. The first-order chi connectivity index (χ1) is 9.06. The molecule has 0 spiro atoms. The maximum Gasteiger partial charge on any atom is 0.0638 e. The molecule has 0 radical (unpaired) electrons. The van der Waals surface area contributed by atoms with Gasteiger partial charge in [-0.05, 0) is 37.6 Å². The van der Waals surface area contributed by atoms with E-state index in [0.717, 1.165) is 35.8 Å². The number of aromatic nitrogens is 2. The quantitative estimate of drug-likeness (QED) is 0.858. The molecule has 1 aromatic heterocycles. The van der Waals surface area contributed by atoms with Gasteiger partial charge in [-0.2, -0.15) is 5.10 Å². The number of aryl methyl sites for hydroxylation is 2. The number of nitrogens with one attached hydrogen (secondary N) is 1. The van der Waals surface area contributed by atoms with E-state index < -0.39 is 0 Å². The van der Waals surface area contributed by atoms with Crippen LogP contribution in [0, 0.1) is 6.92 Å². The van der Waals surface area contributed by atoms with E-state index in [1.165, 1.54) is 5.56 Å². The molecule has 0 bridgehead atoms. The Hall–Kier alpha value is -1.03. The zero-order chi connectivity index (χ0) is 13.8. The van der Waals surface area contributed by atoms with Crippen molar-refractivity contribution in [1.29, 1.82) is 0 Å². The van der Waals surface area contributed by atoms with Gasteiger partial charge in [0.2, 0.25) is 0 Å². The van der Waals surface area contributed by atoms with E-state index in [0.29, 0.717) is 5.02 Å². The lowest BCUT2D eigenvalue weighted by molar-refractivity contribution is 0.684. The Morgan fingerprint density at radius 2 is 2.05 bits per heavy atom. The standard InChI is InChI=1S/C14H17Cl2N3/c1-10-12(9-19(2)18-10)8-17-6-5-11-3-4-13(15)7-14(11)16/h3-4,7,9,17H,5-6,8H2,1-2H3. The summed E-state index contributed by atoms with van der Waals surface area (Å²) in [6.45, 7) is 3.72. The second-order valence-corrected chi connectivity index (χ2v) is 5.42. The van der Waals surface area contributed by atoms with Crippen LogP contribution in [0.2, 0.25) is 10.0 Å². The van der Waals surface area contributed by atoms with E-state index >= 15 is 0 Å². The average molecular weight is 298 g/mol. The van der Waals surface area contributed by atoms with Gasteiger partial charge < -0.3 is 5.32 Å². The third-order valence-electron chi connectivity index (χ3n) is 3.02. The lowest BCUT2D eigenvalue weighted by Crippen LogP contribution is -2.17. The summed E-state index contributed by atoms with van der Waals surface area (Å²) >= 11 is 12.0. The average Bonchev–Trinajstić information content (AvgIpc) is 2.65. The van der Waals surface area contributed by atoms with E-state index in [1.807, 2.05) is 37.0 Å². The fraction of sp³-hybridized carbons (Fsp3) is 0.357. The van der Waals surface area contributed by atoms with E-state index in [2.05, 4.69) is 10.4 Å². The molecule has 0 aliphatic rings. The van der Waals surface area contributed by atoms with E-state index in [4.69, 9.17) is 23.2 Å². The van der Waals surface area contributed by atoms with Gasteiger partial charge in [0.15, 0.2) is 0 Å². The van der Waals surface area contributed by atoms with Crippen LogP contribution in [-0.4, -0.2) is 16.3 Å². The second-order valence-electron chi connectivity index (χ2n) is 4.58. The Morgan fingerprint density at radius 1 is 1.26 bits per heavy atom. The van der Waals surface area contributed by atoms with Crippen molar-refractivity contribution in [3.63, 3.8) is 0 Å². The third kappa shape index (κ3) is 3.96. The van der Waals surface area contributed by atoms with Crippen LogP contribution < -0.4 is 5.32 Å². The van der Waals surface area contributed by atoms with Gasteiger partial charge >= 0.3 is 0 Å². The molecule has 0 amide bonds. The van der Waals surface area contributed by atoms with Gasteiger partial charge in [0.1, 0.15) is 0 Å². The van der Waals surface area contributed by atoms with Crippen molar-refractivity contribution in [2.24, 2.45) is 7.05 Å². The normalized spacial score (nSPS) is 10.9. The highest BCUT2D eigenvalue weighted by Gasteiger charge is 2.03. The van der Waals surface area contributed by atoms with Crippen molar-refractivity contribution in [2.75, 3.05) is 6.54 Å².